The van der Waals surface area contributed by atoms with E-state index in [1.807, 2.05) is 19.1 Å². The summed E-state index contributed by atoms with van der Waals surface area (Å²) in [6, 6.07) is 29.6. The van der Waals surface area contributed by atoms with Gasteiger partial charge < -0.3 is 9.47 Å². The van der Waals surface area contributed by atoms with Gasteiger partial charge in [0.05, 0.1) is 28.9 Å². The Morgan fingerprint density at radius 3 is 0.854 bits per heavy atom. The van der Waals surface area contributed by atoms with Gasteiger partial charge in [-0.2, -0.15) is 52.7 Å². The van der Waals surface area contributed by atoms with Crippen molar-refractivity contribution in [3.05, 3.63) is 200 Å². The molecule has 0 radical (unpaired) electrons. The molecule has 0 atom stereocenters. The maximum Gasteiger partial charge on any atom is 0.416 e. The van der Waals surface area contributed by atoms with E-state index in [9.17, 15) is 87.8 Å². The van der Waals surface area contributed by atoms with E-state index in [2.05, 4.69) is 72.8 Å². The molecule has 0 heterocycles. The second-order valence-corrected chi connectivity index (χ2v) is 18.5. The number of benzene rings is 7. The quantitative estimate of drug-likeness (QED) is 0.0303. The van der Waals surface area contributed by atoms with Crippen LogP contribution in [0, 0.1) is 93.1 Å². The Morgan fingerprint density at radius 1 is 0.329 bits per heavy atom. The molecule has 0 saturated heterocycles. The highest BCUT2D eigenvalue weighted by Gasteiger charge is 2.60. The fourth-order valence-corrected chi connectivity index (χ4v) is 11.0. The summed E-state index contributed by atoms with van der Waals surface area (Å²) in [6.45, 7) is 3.88. The fraction of sp³-hybridized carbons (Fsp3) is 0.160. The maximum atomic E-state index is 16.0. The highest BCUT2D eigenvalue weighted by molar-refractivity contribution is 7.97. The number of rotatable bonds is 12. The highest BCUT2D eigenvalue weighted by Crippen LogP contribution is 2.44. The molecule has 2 nitrogen and oxygen atoms in total. The van der Waals surface area contributed by atoms with Gasteiger partial charge in [0.25, 0.3) is 0 Å². The van der Waals surface area contributed by atoms with Crippen molar-refractivity contribution in [2.24, 2.45) is 0 Å². The molecule has 7 aromatic rings. The second kappa shape index (κ2) is 23.5. The standard InChI is InChI=1S/C28BF28.C22H23O2S/c30-9-1(25(46,47)48)5(13(34)21(42)17(9)38)29(6-2(26(49,50)51)10(31)18(39)22(43)14(6)35,7-3(27(52,53)54)11(32)19(40)23(44)15(7)36)8-4(28(55,56)57)12(33)20(41)24(45)16(8)37;1-2-23-17-18-24-21-15-9-10-16-22(21)25(19-11-5-3-6-12-19)20-13-7-4-8-14-20/h;3-16H,2,17-18H2,1H3/q-1;+1. The zero-order valence-corrected chi connectivity index (χ0v) is 40.4. The van der Waals surface area contributed by atoms with Gasteiger partial charge in [-0.15, -0.1) is 21.9 Å². The summed E-state index contributed by atoms with van der Waals surface area (Å²) in [6.07, 6.45) is -39.5. The largest absolute Gasteiger partial charge is 0.486 e. The minimum Gasteiger partial charge on any atom is -0.486 e. The fourth-order valence-electron chi connectivity index (χ4n) is 8.79. The van der Waals surface area contributed by atoms with Gasteiger partial charge in [0.15, 0.2) is 85.3 Å². The van der Waals surface area contributed by atoms with E-state index in [1.54, 1.807) is 0 Å². The van der Waals surface area contributed by atoms with Gasteiger partial charge in [-0.05, 0) is 43.3 Å². The Kier molecular flexibility index (Phi) is 18.4. The minimum atomic E-state index is -8.89. The van der Waals surface area contributed by atoms with Crippen molar-refractivity contribution < 1.29 is 132 Å². The number of alkyl halides is 12. The summed E-state index contributed by atoms with van der Waals surface area (Å²) in [5, 5.41) is 0. The predicted molar refractivity (Wildman–Crippen MR) is 233 cm³/mol. The predicted octanol–water partition coefficient (Wildman–Crippen LogP) is 14.6. The average Bonchev–Trinajstić information content (AvgIpc) is 0.748. The molecule has 0 aliphatic carbocycles. The zero-order chi connectivity index (χ0) is 61.7. The van der Waals surface area contributed by atoms with Crippen LogP contribution in [0.1, 0.15) is 29.2 Å². The smallest absolute Gasteiger partial charge is 0.416 e. The van der Waals surface area contributed by atoms with Crippen molar-refractivity contribution >= 4 is 38.9 Å². The number of para-hydroxylation sites is 1. The van der Waals surface area contributed by atoms with Crippen molar-refractivity contribution in [3.63, 3.8) is 0 Å². The molecule has 0 N–H and O–H groups in total. The van der Waals surface area contributed by atoms with E-state index in [1.165, 1.54) is 14.7 Å². The van der Waals surface area contributed by atoms with Crippen LogP contribution in [0.4, 0.5) is 123 Å². The summed E-state index contributed by atoms with van der Waals surface area (Å²) in [4.78, 5) is 3.78. The molecule has 7 aromatic carbocycles. The summed E-state index contributed by atoms with van der Waals surface area (Å²) >= 11 is 0. The van der Waals surface area contributed by atoms with Crippen LogP contribution in [0.25, 0.3) is 0 Å². The first-order chi connectivity index (χ1) is 37.9. The summed E-state index contributed by atoms with van der Waals surface area (Å²) in [5.41, 5.74) is -38.1. The molecule has 0 unspecified atom stereocenters. The van der Waals surface area contributed by atoms with E-state index in [-0.39, 0.29) is 10.9 Å². The molecule has 0 bridgehead atoms. The van der Waals surface area contributed by atoms with Crippen LogP contribution in [0.2, 0.25) is 0 Å². The van der Waals surface area contributed by atoms with Gasteiger partial charge in [0.2, 0.25) is 4.90 Å². The van der Waals surface area contributed by atoms with Crippen LogP contribution < -0.4 is 26.6 Å². The summed E-state index contributed by atoms with van der Waals surface area (Å²) in [5.74, 6) is -68.9. The van der Waals surface area contributed by atoms with Crippen molar-refractivity contribution in [2.75, 3.05) is 19.8 Å². The molecule has 0 fully saturated rings. The van der Waals surface area contributed by atoms with E-state index in [0.29, 0.717) is 19.8 Å². The van der Waals surface area contributed by atoms with E-state index >= 15 is 35.1 Å². The lowest BCUT2D eigenvalue weighted by Crippen LogP contribution is -2.82. The minimum absolute atomic E-state index is 0.199. The number of hydrogen-bond donors (Lipinski definition) is 0. The van der Waals surface area contributed by atoms with Crippen LogP contribution in [-0.2, 0) is 40.3 Å². The lowest BCUT2D eigenvalue weighted by molar-refractivity contribution is -0.140. The first-order valence-corrected chi connectivity index (χ1v) is 23.2. The molecule has 0 amide bonds. The molecule has 82 heavy (non-hydrogen) atoms. The average molecular weight is 1230 g/mol. The summed E-state index contributed by atoms with van der Waals surface area (Å²) in [7, 11) is -0.199. The molecular formula is C50H23BF28O2S. The molecule has 0 spiro atoms. The lowest BCUT2D eigenvalue weighted by Gasteiger charge is -2.49. The Morgan fingerprint density at radius 2 is 0.585 bits per heavy atom. The Bertz CT molecular complexity index is 3180. The summed E-state index contributed by atoms with van der Waals surface area (Å²) < 4.78 is 429. The number of halogens is 28. The topological polar surface area (TPSA) is 18.5 Å². The van der Waals surface area contributed by atoms with Gasteiger partial charge in [-0.1, -0.05) is 48.5 Å². The van der Waals surface area contributed by atoms with Crippen molar-refractivity contribution in [1.82, 2.24) is 0 Å². The van der Waals surface area contributed by atoms with Crippen LogP contribution in [0.15, 0.2) is 99.6 Å². The highest BCUT2D eigenvalue weighted by atomic mass is 32.2. The first kappa shape index (κ1) is 63.9. The van der Waals surface area contributed by atoms with Crippen molar-refractivity contribution in [2.45, 2.75) is 46.3 Å². The lowest BCUT2D eigenvalue weighted by atomic mass is 9.11. The third-order valence-electron chi connectivity index (χ3n) is 11.8. The van der Waals surface area contributed by atoms with Gasteiger partial charge in [0, 0.05) is 6.61 Å². The van der Waals surface area contributed by atoms with Gasteiger partial charge in [-0.3, -0.25) is 0 Å². The van der Waals surface area contributed by atoms with Crippen LogP contribution in [-0.4, -0.2) is 26.0 Å². The van der Waals surface area contributed by atoms with Gasteiger partial charge in [-0.25, -0.2) is 70.2 Å². The van der Waals surface area contributed by atoms with Crippen molar-refractivity contribution in [1.29, 1.82) is 0 Å². The van der Waals surface area contributed by atoms with Crippen molar-refractivity contribution in [3.8, 4) is 5.75 Å². The Balaban J connectivity index is 0.000000357. The monoisotopic (exact) mass is 1230 g/mol. The third-order valence-corrected chi connectivity index (χ3v) is 14.1. The normalized spacial score (nSPS) is 12.5. The molecule has 0 aromatic heterocycles. The molecule has 0 saturated carbocycles. The SMILES string of the molecule is CCOCCOc1ccccc1[S+](c1ccccc1)c1ccccc1.Fc1c(F)c(F)c(C(F)(F)F)c([B-](c2c(F)c(F)c(F)c(F)c2C(F)(F)F)(c2c(F)c(F)c(F)c(F)c2C(F)(F)F)c2c(F)c(F)c(F)c(F)c2C(F)(F)F)c1F. The van der Waals surface area contributed by atoms with E-state index in [4.69, 9.17) is 9.47 Å². The molecular weight excluding hydrogens is 1210 g/mol. The van der Waals surface area contributed by atoms with E-state index in [0.717, 1.165) is 5.75 Å². The van der Waals surface area contributed by atoms with Crippen LogP contribution in [0.3, 0.4) is 0 Å². The van der Waals surface area contributed by atoms with Gasteiger partial charge >= 0.3 is 24.7 Å². The maximum absolute atomic E-state index is 16.0. The molecule has 0 aliphatic heterocycles. The Hall–Kier alpha value is -7.25. The van der Waals surface area contributed by atoms with Crippen LogP contribution >= 0.6 is 0 Å². The number of ether oxygens (including phenoxy) is 2. The molecule has 440 valence electrons. The first-order valence-electron chi connectivity index (χ1n) is 22.0. The second-order valence-electron chi connectivity index (χ2n) is 16.5. The van der Waals surface area contributed by atoms with E-state index < -0.39 is 168 Å². The molecule has 32 heteroatoms. The number of hydrogen-bond acceptors (Lipinski definition) is 2. The molecule has 0 aliphatic rings. The van der Waals surface area contributed by atoms with Gasteiger partial charge in [0.1, 0.15) is 46.9 Å². The van der Waals surface area contributed by atoms with Crippen LogP contribution in [0.5, 0.6) is 5.75 Å². The zero-order valence-electron chi connectivity index (χ0n) is 39.6. The Labute approximate surface area is 442 Å². The molecule has 7 rings (SSSR count). The third kappa shape index (κ3) is 11.3.